The van der Waals surface area contributed by atoms with Gasteiger partial charge in [0.15, 0.2) is 5.82 Å². The van der Waals surface area contributed by atoms with Crippen molar-refractivity contribution in [2.45, 2.75) is 77.0 Å². The van der Waals surface area contributed by atoms with E-state index < -0.39 is 0 Å². The van der Waals surface area contributed by atoms with Gasteiger partial charge in [-0.05, 0) is 125 Å². The number of carbonyl (C=O) groups excluding carboxylic acids is 2. The Morgan fingerprint density at radius 1 is 0.667 bits per heavy atom. The van der Waals surface area contributed by atoms with Gasteiger partial charge in [-0.1, -0.05) is 18.2 Å². The highest BCUT2D eigenvalue weighted by Crippen LogP contribution is 2.61. The molecule has 1 aromatic carbocycles. The molecule has 0 aliphatic heterocycles. The Morgan fingerprint density at radius 3 is 1.61 bits per heavy atom. The summed E-state index contributed by atoms with van der Waals surface area (Å²) in [7, 11) is 0. The second kappa shape index (κ2) is 7.55. The van der Waals surface area contributed by atoms with E-state index in [9.17, 15) is 9.59 Å². The van der Waals surface area contributed by atoms with E-state index in [2.05, 4.69) is 10.6 Å². The number of nitrogens with one attached hydrogen (secondary N) is 2. The number of benzene rings is 1. The van der Waals surface area contributed by atoms with Crippen molar-refractivity contribution >= 4 is 34.2 Å². The SMILES string of the molecule is O=C(Nc1cc2ccccc2nc1NC(=O)C12CC3CC(CC(C3)C1)C2)C12CC3CC(CC(C3)C1)C2. The lowest BCUT2D eigenvalue weighted by molar-refractivity contribution is -0.141. The third kappa shape index (κ3) is 3.30. The smallest absolute Gasteiger partial charge is 0.231 e. The molecule has 2 N–H and O–H groups in total. The van der Waals surface area contributed by atoms with E-state index in [0.717, 1.165) is 49.4 Å². The molecule has 10 rings (SSSR count). The van der Waals surface area contributed by atoms with E-state index in [1.807, 2.05) is 30.3 Å². The zero-order chi connectivity index (χ0) is 24.1. The molecule has 2 aromatic rings. The van der Waals surface area contributed by atoms with Crippen LogP contribution in [-0.2, 0) is 9.59 Å². The molecular formula is C31H37N3O2. The van der Waals surface area contributed by atoms with E-state index in [-0.39, 0.29) is 22.6 Å². The van der Waals surface area contributed by atoms with Crippen LogP contribution in [0.15, 0.2) is 30.3 Å². The molecule has 36 heavy (non-hydrogen) atoms. The Labute approximate surface area is 213 Å². The first-order chi connectivity index (χ1) is 17.5. The molecule has 0 atom stereocenters. The van der Waals surface area contributed by atoms with Crippen LogP contribution in [-0.4, -0.2) is 16.8 Å². The summed E-state index contributed by atoms with van der Waals surface area (Å²) in [6.07, 6.45) is 14.0. The van der Waals surface area contributed by atoms with Crippen LogP contribution in [0.4, 0.5) is 11.5 Å². The van der Waals surface area contributed by atoms with Gasteiger partial charge in [-0.15, -0.1) is 0 Å². The molecule has 8 fully saturated rings. The van der Waals surface area contributed by atoms with Crippen molar-refractivity contribution in [1.82, 2.24) is 4.98 Å². The first-order valence-electron chi connectivity index (χ1n) is 14.5. The zero-order valence-electron chi connectivity index (χ0n) is 21.1. The van der Waals surface area contributed by atoms with Crippen molar-refractivity contribution in [2.75, 3.05) is 10.6 Å². The number of para-hydroxylation sites is 1. The standard InChI is InChI=1S/C31H37N3O2/c35-28(30-12-18-5-19(13-30)7-20(6-18)14-30)33-26-11-24-3-1-2-4-25(24)32-27(26)34-29(36)31-15-21-8-22(16-31)10-23(9-21)17-31/h1-4,11,18-23H,5-10,12-17H2,(H,33,35)(H,32,34,36). The molecule has 8 aliphatic rings. The second-order valence-corrected chi connectivity index (χ2v) is 13.9. The van der Waals surface area contributed by atoms with Crippen LogP contribution in [0.1, 0.15) is 77.0 Å². The number of rotatable bonds is 4. The van der Waals surface area contributed by atoms with Crippen LogP contribution >= 0.6 is 0 Å². The lowest BCUT2D eigenvalue weighted by atomic mass is 9.49. The van der Waals surface area contributed by atoms with Gasteiger partial charge in [0.05, 0.1) is 22.0 Å². The van der Waals surface area contributed by atoms with Crippen LogP contribution in [0, 0.1) is 46.3 Å². The molecule has 2 amide bonds. The highest BCUT2D eigenvalue weighted by Gasteiger charge is 2.56. The van der Waals surface area contributed by atoms with Crippen molar-refractivity contribution in [3.63, 3.8) is 0 Å². The van der Waals surface area contributed by atoms with Gasteiger partial charge in [-0.25, -0.2) is 4.98 Å². The van der Waals surface area contributed by atoms with Gasteiger partial charge in [0, 0.05) is 5.39 Å². The summed E-state index contributed by atoms with van der Waals surface area (Å²) in [5.74, 6) is 5.10. The molecule has 8 bridgehead atoms. The van der Waals surface area contributed by atoms with E-state index in [1.54, 1.807) is 0 Å². The highest BCUT2D eigenvalue weighted by molar-refractivity contribution is 6.04. The van der Waals surface area contributed by atoms with Crippen molar-refractivity contribution in [3.8, 4) is 0 Å². The topological polar surface area (TPSA) is 71.1 Å². The molecule has 0 saturated heterocycles. The monoisotopic (exact) mass is 483 g/mol. The molecule has 1 aromatic heterocycles. The Hall–Kier alpha value is -2.43. The Kier molecular flexibility index (Phi) is 4.54. The van der Waals surface area contributed by atoms with Crippen LogP contribution < -0.4 is 10.6 Å². The van der Waals surface area contributed by atoms with Crippen molar-refractivity contribution in [3.05, 3.63) is 30.3 Å². The molecule has 188 valence electrons. The first-order valence-corrected chi connectivity index (χ1v) is 14.5. The van der Waals surface area contributed by atoms with E-state index in [1.165, 1.54) is 38.5 Å². The minimum atomic E-state index is -0.247. The fourth-order valence-corrected chi connectivity index (χ4v) is 10.6. The number of pyridine rings is 1. The van der Waals surface area contributed by atoms with Crippen LogP contribution in [0.3, 0.4) is 0 Å². The van der Waals surface area contributed by atoms with Crippen LogP contribution in [0.2, 0.25) is 0 Å². The summed E-state index contributed by atoms with van der Waals surface area (Å²) < 4.78 is 0. The number of hydrogen-bond donors (Lipinski definition) is 2. The first kappa shape index (κ1) is 21.6. The Bertz CT molecular complexity index is 1100. The molecule has 0 spiro atoms. The number of amides is 2. The molecule has 1 heterocycles. The summed E-state index contributed by atoms with van der Waals surface area (Å²) >= 11 is 0. The maximum atomic E-state index is 13.9. The third-order valence-corrected chi connectivity index (χ3v) is 11.2. The fraction of sp³-hybridized carbons (Fsp3) is 0.645. The summed E-state index contributed by atoms with van der Waals surface area (Å²) in [4.78, 5) is 32.7. The average Bonchev–Trinajstić information content (AvgIpc) is 2.82. The van der Waals surface area contributed by atoms with Crippen molar-refractivity contribution < 1.29 is 9.59 Å². The molecule has 0 unspecified atom stereocenters. The van der Waals surface area contributed by atoms with Crippen LogP contribution in [0.5, 0.6) is 0 Å². The number of carbonyl (C=O) groups is 2. The number of fused-ring (bicyclic) bond motifs is 1. The molecule has 5 heteroatoms. The number of aromatic nitrogens is 1. The van der Waals surface area contributed by atoms with Gasteiger partial charge in [0.1, 0.15) is 0 Å². The van der Waals surface area contributed by atoms with E-state index in [0.29, 0.717) is 47.0 Å². The number of anilines is 2. The molecule has 8 saturated carbocycles. The largest absolute Gasteiger partial charge is 0.322 e. The molecule has 0 radical (unpaired) electrons. The van der Waals surface area contributed by atoms with Gasteiger partial charge in [-0.2, -0.15) is 0 Å². The average molecular weight is 484 g/mol. The Morgan fingerprint density at radius 2 is 1.11 bits per heavy atom. The van der Waals surface area contributed by atoms with Crippen molar-refractivity contribution in [2.24, 2.45) is 46.3 Å². The maximum Gasteiger partial charge on any atom is 0.231 e. The highest BCUT2D eigenvalue weighted by atomic mass is 16.2. The van der Waals surface area contributed by atoms with Gasteiger partial charge < -0.3 is 10.6 Å². The predicted octanol–water partition coefficient (Wildman–Crippen LogP) is 6.54. The number of nitrogens with zero attached hydrogens (tertiary/aromatic N) is 1. The minimum Gasteiger partial charge on any atom is -0.322 e. The maximum absolute atomic E-state index is 13.9. The Balaban J connectivity index is 1.11. The minimum absolute atomic E-state index is 0.134. The summed E-state index contributed by atoms with van der Waals surface area (Å²) in [5.41, 5.74) is 1.05. The quantitative estimate of drug-likeness (QED) is 0.518. The fourth-order valence-electron chi connectivity index (χ4n) is 10.6. The van der Waals surface area contributed by atoms with Gasteiger partial charge in [0.2, 0.25) is 11.8 Å². The van der Waals surface area contributed by atoms with Gasteiger partial charge in [-0.3, -0.25) is 9.59 Å². The zero-order valence-corrected chi connectivity index (χ0v) is 21.1. The molecule has 5 nitrogen and oxygen atoms in total. The lowest BCUT2D eigenvalue weighted by Crippen LogP contribution is -2.52. The third-order valence-electron chi connectivity index (χ3n) is 11.2. The summed E-state index contributed by atoms with van der Waals surface area (Å²) in [6.45, 7) is 0. The normalized spacial score (nSPS) is 41.6. The van der Waals surface area contributed by atoms with Gasteiger partial charge >= 0.3 is 0 Å². The summed E-state index contributed by atoms with van der Waals surface area (Å²) in [5, 5.41) is 7.59. The summed E-state index contributed by atoms with van der Waals surface area (Å²) in [6, 6.07) is 10.0. The van der Waals surface area contributed by atoms with Crippen LogP contribution in [0.25, 0.3) is 10.9 Å². The molecule has 8 aliphatic carbocycles. The van der Waals surface area contributed by atoms with Crippen molar-refractivity contribution in [1.29, 1.82) is 0 Å². The second-order valence-electron chi connectivity index (χ2n) is 13.9. The van der Waals surface area contributed by atoms with E-state index >= 15 is 0 Å². The number of hydrogen-bond acceptors (Lipinski definition) is 3. The van der Waals surface area contributed by atoms with Gasteiger partial charge in [0.25, 0.3) is 0 Å². The lowest BCUT2D eigenvalue weighted by Gasteiger charge is -2.55. The van der Waals surface area contributed by atoms with E-state index in [4.69, 9.17) is 4.98 Å². The molecular weight excluding hydrogens is 446 g/mol. The predicted molar refractivity (Wildman–Crippen MR) is 140 cm³/mol.